The summed E-state index contributed by atoms with van der Waals surface area (Å²) in [4.78, 5) is 24.2. The molecule has 2 amide bonds. The molecule has 2 aromatic rings. The standard InChI is InChI=1S/C20H23N3O4S/c1-2-3-13-26-17-12-8-7-11-16(17)19(25)21-20(28)23-22-18(24)14-27-15-9-5-4-6-10-15/h4-12H,2-3,13-14H2,1H3,(H,22,24)(H2,21,23,25,28). The summed E-state index contributed by atoms with van der Waals surface area (Å²) in [5.41, 5.74) is 5.20. The fraction of sp³-hybridized carbons (Fsp3) is 0.250. The summed E-state index contributed by atoms with van der Waals surface area (Å²) in [5.74, 6) is 0.188. The molecule has 0 atom stereocenters. The van der Waals surface area contributed by atoms with Crippen molar-refractivity contribution < 1.29 is 19.1 Å². The summed E-state index contributed by atoms with van der Waals surface area (Å²) < 4.78 is 11.0. The highest BCUT2D eigenvalue weighted by Gasteiger charge is 2.14. The van der Waals surface area contributed by atoms with E-state index in [0.29, 0.717) is 23.7 Å². The first kappa shape index (κ1) is 21.2. The van der Waals surface area contributed by atoms with Crippen LogP contribution in [0.4, 0.5) is 0 Å². The molecule has 0 spiro atoms. The third-order valence-electron chi connectivity index (χ3n) is 3.54. The number of nitrogens with one attached hydrogen (secondary N) is 3. The minimum atomic E-state index is -0.441. The molecule has 7 nitrogen and oxygen atoms in total. The van der Waals surface area contributed by atoms with Crippen molar-refractivity contribution >= 4 is 29.1 Å². The van der Waals surface area contributed by atoms with Crippen molar-refractivity contribution in [3.05, 3.63) is 60.2 Å². The lowest BCUT2D eigenvalue weighted by Gasteiger charge is -2.13. The predicted octanol–water partition coefficient (Wildman–Crippen LogP) is 2.58. The summed E-state index contributed by atoms with van der Waals surface area (Å²) in [5, 5.41) is 2.46. The lowest BCUT2D eigenvalue weighted by atomic mass is 10.2. The van der Waals surface area contributed by atoms with Crippen molar-refractivity contribution in [3.63, 3.8) is 0 Å². The van der Waals surface area contributed by atoms with Gasteiger partial charge in [0.1, 0.15) is 11.5 Å². The number of hydrogen-bond acceptors (Lipinski definition) is 5. The van der Waals surface area contributed by atoms with Crippen molar-refractivity contribution in [1.29, 1.82) is 0 Å². The molecular formula is C20H23N3O4S. The van der Waals surface area contributed by atoms with E-state index >= 15 is 0 Å². The zero-order valence-corrected chi connectivity index (χ0v) is 16.4. The number of hydrogen-bond donors (Lipinski definition) is 3. The van der Waals surface area contributed by atoms with Gasteiger partial charge in [-0.3, -0.25) is 25.8 Å². The van der Waals surface area contributed by atoms with Gasteiger partial charge in [-0.15, -0.1) is 0 Å². The van der Waals surface area contributed by atoms with E-state index in [4.69, 9.17) is 21.7 Å². The minimum absolute atomic E-state index is 0.0403. The molecule has 0 bridgehead atoms. The Morgan fingerprint density at radius 2 is 1.68 bits per heavy atom. The first-order valence-electron chi connectivity index (χ1n) is 8.90. The molecular weight excluding hydrogens is 378 g/mol. The molecule has 0 unspecified atom stereocenters. The average molecular weight is 401 g/mol. The van der Waals surface area contributed by atoms with E-state index in [1.54, 1.807) is 48.5 Å². The fourth-order valence-corrected chi connectivity index (χ4v) is 2.28. The van der Waals surface area contributed by atoms with Gasteiger partial charge in [0.2, 0.25) is 0 Å². The number of hydrazine groups is 1. The Labute approximate surface area is 169 Å². The van der Waals surface area contributed by atoms with Gasteiger partial charge >= 0.3 is 0 Å². The molecule has 0 aliphatic heterocycles. The molecule has 28 heavy (non-hydrogen) atoms. The van der Waals surface area contributed by atoms with Gasteiger partial charge in [0, 0.05) is 0 Å². The van der Waals surface area contributed by atoms with E-state index in [1.165, 1.54) is 0 Å². The summed E-state index contributed by atoms with van der Waals surface area (Å²) in [6.07, 6.45) is 1.89. The van der Waals surface area contributed by atoms with Crippen LogP contribution in [-0.4, -0.2) is 30.1 Å². The van der Waals surface area contributed by atoms with E-state index in [1.807, 2.05) is 6.07 Å². The van der Waals surface area contributed by atoms with Gasteiger partial charge in [0.25, 0.3) is 11.8 Å². The number of thiocarbonyl (C=S) groups is 1. The number of carbonyl (C=O) groups is 2. The monoisotopic (exact) mass is 401 g/mol. The second-order valence-electron chi connectivity index (χ2n) is 5.76. The van der Waals surface area contributed by atoms with E-state index in [9.17, 15) is 9.59 Å². The van der Waals surface area contributed by atoms with E-state index in [-0.39, 0.29) is 11.7 Å². The third-order valence-corrected chi connectivity index (χ3v) is 3.75. The maximum absolute atomic E-state index is 12.4. The molecule has 0 heterocycles. The van der Waals surface area contributed by atoms with E-state index < -0.39 is 11.8 Å². The highest BCUT2D eigenvalue weighted by molar-refractivity contribution is 7.80. The first-order valence-corrected chi connectivity index (χ1v) is 9.30. The van der Waals surface area contributed by atoms with Gasteiger partial charge in [-0.2, -0.15) is 0 Å². The molecule has 2 rings (SSSR count). The zero-order valence-electron chi connectivity index (χ0n) is 15.6. The van der Waals surface area contributed by atoms with Crippen molar-refractivity contribution in [3.8, 4) is 11.5 Å². The Kier molecular flexibility index (Phi) is 8.74. The summed E-state index contributed by atoms with van der Waals surface area (Å²) >= 11 is 5.04. The van der Waals surface area contributed by atoms with Gasteiger partial charge < -0.3 is 9.47 Å². The van der Waals surface area contributed by atoms with Crippen molar-refractivity contribution in [1.82, 2.24) is 16.2 Å². The van der Waals surface area contributed by atoms with Gasteiger partial charge in [-0.25, -0.2) is 0 Å². The van der Waals surface area contributed by atoms with Crippen LogP contribution < -0.4 is 25.6 Å². The van der Waals surface area contributed by atoms with Gasteiger partial charge in [-0.05, 0) is 42.9 Å². The van der Waals surface area contributed by atoms with Crippen LogP contribution in [0, 0.1) is 0 Å². The number of benzene rings is 2. The Morgan fingerprint density at radius 3 is 2.43 bits per heavy atom. The second-order valence-corrected chi connectivity index (χ2v) is 6.16. The predicted molar refractivity (Wildman–Crippen MR) is 110 cm³/mol. The normalized spacial score (nSPS) is 9.89. The molecule has 3 N–H and O–H groups in total. The Balaban J connectivity index is 1.78. The summed E-state index contributed by atoms with van der Waals surface area (Å²) in [6.45, 7) is 2.40. The first-order chi connectivity index (χ1) is 13.6. The molecule has 0 radical (unpaired) electrons. The molecule has 0 fully saturated rings. The van der Waals surface area contributed by atoms with Crippen LogP contribution in [0.2, 0.25) is 0 Å². The van der Waals surface area contributed by atoms with Crippen molar-refractivity contribution in [2.24, 2.45) is 0 Å². The highest BCUT2D eigenvalue weighted by atomic mass is 32.1. The van der Waals surface area contributed by atoms with Gasteiger partial charge in [0.05, 0.1) is 12.2 Å². The maximum Gasteiger partial charge on any atom is 0.276 e. The number of para-hydroxylation sites is 2. The third kappa shape index (κ3) is 7.24. The van der Waals surface area contributed by atoms with E-state index in [2.05, 4.69) is 23.1 Å². The van der Waals surface area contributed by atoms with Crippen LogP contribution in [0.5, 0.6) is 11.5 Å². The number of unbranched alkanes of at least 4 members (excludes halogenated alkanes) is 1. The summed E-state index contributed by atoms with van der Waals surface area (Å²) in [7, 11) is 0. The average Bonchev–Trinajstić information content (AvgIpc) is 2.72. The molecule has 0 aliphatic rings. The van der Waals surface area contributed by atoms with Crippen LogP contribution in [0.25, 0.3) is 0 Å². The minimum Gasteiger partial charge on any atom is -0.493 e. The van der Waals surface area contributed by atoms with Crippen LogP contribution in [0.15, 0.2) is 54.6 Å². The second kappa shape index (κ2) is 11.6. The lowest BCUT2D eigenvalue weighted by molar-refractivity contribution is -0.123. The molecule has 148 valence electrons. The van der Waals surface area contributed by atoms with Crippen LogP contribution in [0.3, 0.4) is 0 Å². The van der Waals surface area contributed by atoms with E-state index in [0.717, 1.165) is 12.8 Å². The van der Waals surface area contributed by atoms with Crippen LogP contribution in [0.1, 0.15) is 30.1 Å². The number of amides is 2. The Morgan fingerprint density at radius 1 is 0.964 bits per heavy atom. The zero-order chi connectivity index (χ0) is 20.2. The molecule has 2 aromatic carbocycles. The SMILES string of the molecule is CCCCOc1ccccc1C(=O)NC(=S)NNC(=O)COc1ccccc1. The topological polar surface area (TPSA) is 88.7 Å². The molecule has 0 aromatic heterocycles. The number of carbonyl (C=O) groups excluding carboxylic acids is 2. The Hall–Kier alpha value is -3.13. The molecule has 8 heteroatoms. The van der Waals surface area contributed by atoms with Crippen molar-refractivity contribution in [2.45, 2.75) is 19.8 Å². The number of ether oxygens (including phenoxy) is 2. The van der Waals surface area contributed by atoms with Crippen LogP contribution in [-0.2, 0) is 4.79 Å². The summed E-state index contributed by atoms with van der Waals surface area (Å²) in [6, 6.07) is 15.8. The quantitative estimate of drug-likeness (QED) is 0.358. The lowest BCUT2D eigenvalue weighted by Crippen LogP contribution is -2.49. The highest BCUT2D eigenvalue weighted by Crippen LogP contribution is 2.18. The fourth-order valence-electron chi connectivity index (χ4n) is 2.14. The molecule has 0 saturated carbocycles. The maximum atomic E-state index is 12.4. The van der Waals surface area contributed by atoms with Gasteiger partial charge in [-0.1, -0.05) is 43.7 Å². The molecule has 0 saturated heterocycles. The number of rotatable bonds is 8. The van der Waals surface area contributed by atoms with Gasteiger partial charge in [0.15, 0.2) is 11.7 Å². The Bertz CT molecular complexity index is 799. The van der Waals surface area contributed by atoms with Crippen molar-refractivity contribution in [2.75, 3.05) is 13.2 Å². The smallest absolute Gasteiger partial charge is 0.276 e. The largest absolute Gasteiger partial charge is 0.493 e. The van der Waals surface area contributed by atoms with Crippen LogP contribution >= 0.6 is 12.2 Å². The molecule has 0 aliphatic carbocycles.